The number of amides is 1. The molecule has 2 aliphatic heterocycles. The maximum absolute atomic E-state index is 12.1. The van der Waals surface area contributed by atoms with E-state index in [2.05, 4.69) is 4.99 Å². The first-order chi connectivity index (χ1) is 11.7. The monoisotopic (exact) mass is 380 g/mol. The van der Waals surface area contributed by atoms with E-state index in [4.69, 9.17) is 0 Å². The van der Waals surface area contributed by atoms with Crippen LogP contribution in [0.2, 0.25) is 0 Å². The molecule has 0 aliphatic carbocycles. The maximum atomic E-state index is 12.1. The lowest BCUT2D eigenvalue weighted by Crippen LogP contribution is -2.37. The zero-order valence-corrected chi connectivity index (χ0v) is 15.9. The molecule has 134 valence electrons. The molecular weight excluding hydrogens is 360 g/mol. The third kappa shape index (κ3) is 3.64. The van der Waals surface area contributed by atoms with Gasteiger partial charge in [-0.25, -0.2) is 8.42 Å². The van der Waals surface area contributed by atoms with Crippen LogP contribution >= 0.6 is 11.8 Å². The fourth-order valence-electron chi connectivity index (χ4n) is 2.95. The van der Waals surface area contributed by atoms with Crippen molar-refractivity contribution in [3.63, 3.8) is 0 Å². The van der Waals surface area contributed by atoms with Gasteiger partial charge in [0.25, 0.3) is 5.91 Å². The van der Waals surface area contributed by atoms with Crippen molar-refractivity contribution in [2.24, 2.45) is 10.9 Å². The Kier molecular flexibility index (Phi) is 4.76. The van der Waals surface area contributed by atoms with Crippen LogP contribution in [0.15, 0.2) is 29.3 Å². The van der Waals surface area contributed by atoms with E-state index in [9.17, 15) is 18.0 Å². The van der Waals surface area contributed by atoms with Crippen molar-refractivity contribution >= 4 is 44.1 Å². The number of carbonyl (C=O) groups is 2. The summed E-state index contributed by atoms with van der Waals surface area (Å²) in [7, 11) is -3.09. The number of Topliss-reactive ketones (excluding diaryl/α,β-unsaturated/α-hetero) is 1. The van der Waals surface area contributed by atoms with Crippen molar-refractivity contribution in [2.75, 3.05) is 16.4 Å². The summed E-state index contributed by atoms with van der Waals surface area (Å²) >= 11 is 1.35. The summed E-state index contributed by atoms with van der Waals surface area (Å²) in [5, 5.41) is 0.412. The van der Waals surface area contributed by atoms with Gasteiger partial charge in [-0.05, 0) is 31.2 Å². The average Bonchev–Trinajstić information content (AvgIpc) is 2.98. The van der Waals surface area contributed by atoms with Gasteiger partial charge in [-0.3, -0.25) is 9.59 Å². The third-order valence-corrected chi connectivity index (χ3v) is 7.53. The lowest BCUT2D eigenvalue weighted by Gasteiger charge is -2.24. The van der Waals surface area contributed by atoms with Crippen molar-refractivity contribution < 1.29 is 18.0 Å². The van der Waals surface area contributed by atoms with E-state index in [1.807, 2.05) is 4.90 Å². The van der Waals surface area contributed by atoms with Crippen molar-refractivity contribution in [3.05, 3.63) is 29.8 Å². The van der Waals surface area contributed by atoms with Crippen molar-refractivity contribution in [1.29, 1.82) is 0 Å². The highest BCUT2D eigenvalue weighted by atomic mass is 32.2. The van der Waals surface area contributed by atoms with Gasteiger partial charge in [0.15, 0.2) is 20.8 Å². The predicted octanol–water partition coefficient (Wildman–Crippen LogP) is 2.15. The van der Waals surface area contributed by atoms with Gasteiger partial charge in [-0.2, -0.15) is 4.99 Å². The number of carbonyl (C=O) groups excluding carboxylic acids is 2. The van der Waals surface area contributed by atoms with Crippen LogP contribution in [-0.2, 0) is 14.6 Å². The standard InChI is InChI=1S/C17H20N2O4S2/c1-10(2)16(21)18-17-19(13-6-4-12(5-7-13)11(3)20)14-8-25(22,23)9-15(14)24-17/h4-7,10,14-15H,8-9H2,1-3H3/t14-,15-/m1/s1. The van der Waals surface area contributed by atoms with Crippen LogP contribution in [0.25, 0.3) is 0 Å². The fraction of sp³-hybridized carbons (Fsp3) is 0.471. The Hall–Kier alpha value is -1.67. The highest BCUT2D eigenvalue weighted by molar-refractivity contribution is 8.16. The minimum Gasteiger partial charge on any atom is -0.316 e. The number of nitrogens with zero attached hydrogens (tertiary/aromatic N) is 2. The zero-order chi connectivity index (χ0) is 18.4. The Morgan fingerprint density at radius 1 is 1.20 bits per heavy atom. The topological polar surface area (TPSA) is 83.9 Å². The van der Waals surface area contributed by atoms with Crippen molar-refractivity contribution in [2.45, 2.75) is 32.1 Å². The van der Waals surface area contributed by atoms with Crippen LogP contribution in [0.3, 0.4) is 0 Å². The Balaban J connectivity index is 2.00. The van der Waals surface area contributed by atoms with E-state index in [0.29, 0.717) is 10.7 Å². The van der Waals surface area contributed by atoms with E-state index >= 15 is 0 Å². The molecule has 2 heterocycles. The lowest BCUT2D eigenvalue weighted by molar-refractivity contribution is -0.120. The summed E-state index contributed by atoms with van der Waals surface area (Å²) in [6, 6.07) is 6.74. The van der Waals surface area contributed by atoms with E-state index in [1.54, 1.807) is 38.1 Å². The summed E-state index contributed by atoms with van der Waals surface area (Å²) in [6.07, 6.45) is 0. The van der Waals surface area contributed by atoms with Gasteiger partial charge in [-0.1, -0.05) is 25.6 Å². The van der Waals surface area contributed by atoms with Gasteiger partial charge >= 0.3 is 0 Å². The molecular formula is C17H20N2O4S2. The molecule has 8 heteroatoms. The van der Waals surface area contributed by atoms with Crippen LogP contribution in [0.1, 0.15) is 31.1 Å². The molecule has 1 aromatic rings. The molecule has 0 N–H and O–H groups in total. The van der Waals surface area contributed by atoms with Crippen LogP contribution < -0.4 is 4.90 Å². The molecule has 0 saturated carbocycles. The molecule has 0 radical (unpaired) electrons. The molecule has 3 rings (SSSR count). The van der Waals surface area contributed by atoms with Gasteiger partial charge in [0, 0.05) is 22.4 Å². The molecule has 25 heavy (non-hydrogen) atoms. The SMILES string of the molecule is CC(=O)c1ccc(N2C(=NC(=O)C(C)C)S[C@@H]3CS(=O)(=O)C[C@H]32)cc1. The molecule has 2 aliphatic rings. The lowest BCUT2D eigenvalue weighted by atomic mass is 10.1. The normalized spacial score (nSPS) is 26.2. The summed E-state index contributed by atoms with van der Waals surface area (Å²) in [5.74, 6) is -0.338. The molecule has 6 nitrogen and oxygen atoms in total. The van der Waals surface area contributed by atoms with Crippen LogP contribution in [0.4, 0.5) is 5.69 Å². The minimum absolute atomic E-state index is 0.0347. The number of amidine groups is 1. The van der Waals surface area contributed by atoms with Crippen molar-refractivity contribution in [1.82, 2.24) is 0 Å². The first kappa shape index (κ1) is 18.1. The number of benzene rings is 1. The molecule has 2 fully saturated rings. The summed E-state index contributed by atoms with van der Waals surface area (Å²) in [5.41, 5.74) is 1.33. The molecule has 0 aromatic heterocycles. The molecule has 2 atom stereocenters. The minimum atomic E-state index is -3.09. The quantitative estimate of drug-likeness (QED) is 0.747. The number of fused-ring (bicyclic) bond motifs is 1. The van der Waals surface area contributed by atoms with E-state index in [1.165, 1.54) is 18.7 Å². The fourth-order valence-corrected chi connectivity index (χ4v) is 6.87. The van der Waals surface area contributed by atoms with E-state index in [0.717, 1.165) is 5.69 Å². The predicted molar refractivity (Wildman–Crippen MR) is 100 cm³/mol. The number of ketones is 1. The zero-order valence-electron chi connectivity index (χ0n) is 14.3. The second-order valence-corrected chi connectivity index (χ2v) is 10.0. The third-order valence-electron chi connectivity index (χ3n) is 4.32. The highest BCUT2D eigenvalue weighted by Gasteiger charge is 2.49. The van der Waals surface area contributed by atoms with Crippen LogP contribution in [-0.4, -0.2) is 48.1 Å². The maximum Gasteiger partial charge on any atom is 0.250 e. The van der Waals surface area contributed by atoms with Crippen molar-refractivity contribution in [3.8, 4) is 0 Å². The number of hydrogen-bond acceptors (Lipinski definition) is 5. The van der Waals surface area contributed by atoms with Gasteiger partial charge in [0.05, 0.1) is 17.5 Å². The molecule has 1 amide bonds. The molecule has 1 aromatic carbocycles. The number of rotatable bonds is 3. The Morgan fingerprint density at radius 2 is 1.84 bits per heavy atom. The second-order valence-electron chi connectivity index (χ2n) is 6.66. The molecule has 0 bridgehead atoms. The Labute approximate surface area is 151 Å². The number of sulfone groups is 1. The van der Waals surface area contributed by atoms with Gasteiger partial charge < -0.3 is 4.90 Å². The summed E-state index contributed by atoms with van der Waals surface area (Å²) in [6.45, 7) is 5.06. The number of aliphatic imine (C=N–C) groups is 1. The summed E-state index contributed by atoms with van der Waals surface area (Å²) < 4.78 is 24.0. The molecule has 0 spiro atoms. The highest BCUT2D eigenvalue weighted by Crippen LogP contribution is 2.41. The first-order valence-corrected chi connectivity index (χ1v) is 10.8. The van der Waals surface area contributed by atoms with Gasteiger partial charge in [0.1, 0.15) is 0 Å². The average molecular weight is 380 g/mol. The second kappa shape index (κ2) is 6.57. The smallest absolute Gasteiger partial charge is 0.250 e. The van der Waals surface area contributed by atoms with Gasteiger partial charge in [-0.15, -0.1) is 0 Å². The first-order valence-electron chi connectivity index (χ1n) is 8.08. The summed E-state index contributed by atoms with van der Waals surface area (Å²) in [4.78, 5) is 29.6. The number of thioether (sulfide) groups is 1. The Morgan fingerprint density at radius 3 is 2.40 bits per heavy atom. The van der Waals surface area contributed by atoms with Crippen LogP contribution in [0.5, 0.6) is 0 Å². The number of anilines is 1. The van der Waals surface area contributed by atoms with E-state index in [-0.39, 0.29) is 40.4 Å². The number of hydrogen-bond donors (Lipinski definition) is 0. The Bertz CT molecular complexity index is 844. The molecule has 0 unspecified atom stereocenters. The van der Waals surface area contributed by atoms with E-state index < -0.39 is 9.84 Å². The molecule has 2 saturated heterocycles. The van der Waals surface area contributed by atoms with Gasteiger partial charge in [0.2, 0.25) is 0 Å². The van der Waals surface area contributed by atoms with Crippen LogP contribution in [0, 0.1) is 5.92 Å². The largest absolute Gasteiger partial charge is 0.316 e.